The SMILES string of the molecule is Cc1ccccc1N(C)S(=O)(=O)c1cc(N)c(F)cc1F. The molecule has 2 aromatic rings. The van der Waals surface area contributed by atoms with Crippen LogP contribution in [-0.4, -0.2) is 15.5 Å². The fourth-order valence-corrected chi connectivity index (χ4v) is 3.28. The second-order valence-corrected chi connectivity index (χ2v) is 6.50. The zero-order chi connectivity index (χ0) is 15.8. The quantitative estimate of drug-likeness (QED) is 0.886. The first-order valence-electron chi connectivity index (χ1n) is 6.04. The maximum Gasteiger partial charge on any atom is 0.267 e. The molecule has 0 aliphatic rings. The maximum absolute atomic E-state index is 13.8. The van der Waals surface area contributed by atoms with Gasteiger partial charge in [0.25, 0.3) is 10.0 Å². The van der Waals surface area contributed by atoms with Gasteiger partial charge in [0, 0.05) is 13.1 Å². The zero-order valence-corrected chi connectivity index (χ0v) is 12.3. The molecule has 21 heavy (non-hydrogen) atoms. The van der Waals surface area contributed by atoms with E-state index in [1.54, 1.807) is 31.2 Å². The molecule has 0 spiro atoms. The van der Waals surface area contributed by atoms with Gasteiger partial charge in [0.2, 0.25) is 0 Å². The van der Waals surface area contributed by atoms with Gasteiger partial charge < -0.3 is 5.73 Å². The summed E-state index contributed by atoms with van der Waals surface area (Å²) in [6.07, 6.45) is 0. The molecule has 2 N–H and O–H groups in total. The summed E-state index contributed by atoms with van der Waals surface area (Å²) in [4.78, 5) is -0.660. The Kier molecular flexibility index (Phi) is 3.87. The zero-order valence-electron chi connectivity index (χ0n) is 11.5. The number of aryl methyl sites for hydroxylation is 1. The molecule has 2 aromatic carbocycles. The van der Waals surface area contributed by atoms with Crippen LogP contribution in [0.5, 0.6) is 0 Å². The van der Waals surface area contributed by atoms with Crippen LogP contribution in [0.1, 0.15) is 5.56 Å². The van der Waals surface area contributed by atoms with E-state index in [2.05, 4.69) is 0 Å². The Hall–Kier alpha value is -2.15. The van der Waals surface area contributed by atoms with Crippen LogP contribution in [0.15, 0.2) is 41.3 Å². The fourth-order valence-electron chi connectivity index (χ4n) is 1.94. The molecule has 0 aromatic heterocycles. The van der Waals surface area contributed by atoms with E-state index >= 15 is 0 Å². The standard InChI is InChI=1S/C14H14F2N2O2S/c1-9-5-3-4-6-13(9)18(2)21(19,20)14-8-12(17)10(15)7-11(14)16/h3-8H,17H2,1-2H3. The molecule has 0 radical (unpaired) electrons. The Labute approximate surface area is 121 Å². The molecule has 0 fully saturated rings. The third-order valence-electron chi connectivity index (χ3n) is 3.14. The molecule has 112 valence electrons. The van der Waals surface area contributed by atoms with Crippen LogP contribution in [0.25, 0.3) is 0 Å². The number of nitrogens with two attached hydrogens (primary N) is 1. The van der Waals surface area contributed by atoms with Crippen molar-refractivity contribution in [2.45, 2.75) is 11.8 Å². The van der Waals surface area contributed by atoms with E-state index in [1.807, 2.05) is 0 Å². The van der Waals surface area contributed by atoms with Gasteiger partial charge in [0.05, 0.1) is 11.4 Å². The van der Waals surface area contributed by atoms with Crippen LogP contribution in [0, 0.1) is 18.6 Å². The average molecular weight is 312 g/mol. The van der Waals surface area contributed by atoms with Crippen molar-refractivity contribution in [2.24, 2.45) is 0 Å². The second-order valence-electron chi connectivity index (χ2n) is 4.56. The molecule has 0 unspecified atom stereocenters. The normalized spacial score (nSPS) is 11.4. The number of hydrogen-bond donors (Lipinski definition) is 1. The smallest absolute Gasteiger partial charge is 0.267 e. The van der Waals surface area contributed by atoms with Crippen molar-refractivity contribution in [3.05, 3.63) is 53.6 Å². The van der Waals surface area contributed by atoms with Crippen molar-refractivity contribution >= 4 is 21.4 Å². The Morgan fingerprint density at radius 2 is 1.71 bits per heavy atom. The molecule has 2 rings (SSSR count). The molecule has 7 heteroatoms. The monoisotopic (exact) mass is 312 g/mol. The van der Waals surface area contributed by atoms with Crippen LogP contribution < -0.4 is 10.0 Å². The van der Waals surface area contributed by atoms with E-state index in [-0.39, 0.29) is 0 Å². The van der Waals surface area contributed by atoms with Gasteiger partial charge >= 0.3 is 0 Å². The maximum atomic E-state index is 13.8. The van der Waals surface area contributed by atoms with E-state index in [9.17, 15) is 17.2 Å². The van der Waals surface area contributed by atoms with Gasteiger partial charge in [0.1, 0.15) is 16.5 Å². The van der Waals surface area contributed by atoms with Crippen molar-refractivity contribution < 1.29 is 17.2 Å². The Morgan fingerprint density at radius 1 is 1.10 bits per heavy atom. The van der Waals surface area contributed by atoms with E-state index in [4.69, 9.17) is 5.73 Å². The molecule has 0 aliphatic carbocycles. The van der Waals surface area contributed by atoms with E-state index < -0.39 is 32.2 Å². The molecular weight excluding hydrogens is 298 g/mol. The molecule has 0 amide bonds. The summed E-state index contributed by atoms with van der Waals surface area (Å²) in [5.74, 6) is -2.17. The number of benzene rings is 2. The van der Waals surface area contributed by atoms with Gasteiger partial charge in [0.15, 0.2) is 0 Å². The minimum atomic E-state index is -4.17. The van der Waals surface area contributed by atoms with Crippen molar-refractivity contribution in [2.75, 3.05) is 17.1 Å². The average Bonchev–Trinajstić information content (AvgIpc) is 2.42. The molecular formula is C14H14F2N2O2S. The highest BCUT2D eigenvalue weighted by Gasteiger charge is 2.27. The minimum Gasteiger partial charge on any atom is -0.396 e. The Balaban J connectivity index is 2.58. The van der Waals surface area contributed by atoms with Gasteiger partial charge in [-0.1, -0.05) is 18.2 Å². The summed E-state index contributed by atoms with van der Waals surface area (Å²) in [7, 11) is -2.87. The molecule has 0 atom stereocenters. The third-order valence-corrected chi connectivity index (χ3v) is 4.93. The summed E-state index contributed by atoms with van der Waals surface area (Å²) < 4.78 is 52.9. The highest BCUT2D eigenvalue weighted by atomic mass is 32.2. The molecule has 0 aliphatic heterocycles. The van der Waals surface area contributed by atoms with Gasteiger partial charge in [-0.2, -0.15) is 0 Å². The molecule has 0 bridgehead atoms. The number of rotatable bonds is 3. The number of nitrogens with zero attached hydrogens (tertiary/aromatic N) is 1. The third kappa shape index (κ3) is 2.69. The van der Waals surface area contributed by atoms with E-state index in [0.29, 0.717) is 17.3 Å². The molecule has 0 saturated heterocycles. The minimum absolute atomic E-state index is 0.403. The van der Waals surface area contributed by atoms with Crippen LogP contribution in [0.3, 0.4) is 0 Å². The summed E-state index contributed by atoms with van der Waals surface area (Å²) >= 11 is 0. The first kappa shape index (κ1) is 15.2. The lowest BCUT2D eigenvalue weighted by Gasteiger charge is -2.21. The Morgan fingerprint density at radius 3 is 2.33 bits per heavy atom. The highest BCUT2D eigenvalue weighted by Crippen LogP contribution is 2.28. The van der Waals surface area contributed by atoms with Crippen molar-refractivity contribution in [1.82, 2.24) is 0 Å². The number of nitrogen functional groups attached to an aromatic ring is 1. The topological polar surface area (TPSA) is 63.4 Å². The van der Waals surface area contributed by atoms with Gasteiger partial charge in [-0.05, 0) is 24.6 Å². The number of sulfonamides is 1. The summed E-state index contributed by atoms with van der Waals surface area (Å²) in [6.45, 7) is 1.73. The van der Waals surface area contributed by atoms with Crippen molar-refractivity contribution in [3.8, 4) is 0 Å². The number of anilines is 2. The lowest BCUT2D eigenvalue weighted by atomic mass is 10.2. The van der Waals surface area contributed by atoms with Gasteiger partial charge in [-0.15, -0.1) is 0 Å². The summed E-state index contributed by atoms with van der Waals surface area (Å²) in [5.41, 5.74) is 6.02. The van der Waals surface area contributed by atoms with E-state index in [1.165, 1.54) is 7.05 Å². The predicted octanol–water partition coefficient (Wildman–Crippen LogP) is 2.68. The molecule has 0 saturated carbocycles. The van der Waals surface area contributed by atoms with E-state index in [0.717, 1.165) is 10.4 Å². The summed E-state index contributed by atoms with van der Waals surface area (Å²) in [5, 5.41) is 0. The largest absolute Gasteiger partial charge is 0.396 e. The van der Waals surface area contributed by atoms with Crippen LogP contribution >= 0.6 is 0 Å². The number of halogens is 2. The van der Waals surface area contributed by atoms with Crippen LogP contribution in [-0.2, 0) is 10.0 Å². The lowest BCUT2D eigenvalue weighted by Crippen LogP contribution is -2.28. The fraction of sp³-hybridized carbons (Fsp3) is 0.143. The summed E-state index contributed by atoms with van der Waals surface area (Å²) in [6, 6.07) is 8.01. The first-order valence-corrected chi connectivity index (χ1v) is 7.48. The lowest BCUT2D eigenvalue weighted by molar-refractivity contribution is 0.550. The number of para-hydroxylation sites is 1. The van der Waals surface area contributed by atoms with Crippen molar-refractivity contribution in [3.63, 3.8) is 0 Å². The molecule has 0 heterocycles. The van der Waals surface area contributed by atoms with Gasteiger partial charge in [-0.25, -0.2) is 17.2 Å². The molecule has 4 nitrogen and oxygen atoms in total. The van der Waals surface area contributed by atoms with Gasteiger partial charge in [-0.3, -0.25) is 4.31 Å². The highest BCUT2D eigenvalue weighted by molar-refractivity contribution is 7.92. The van der Waals surface area contributed by atoms with Crippen molar-refractivity contribution in [1.29, 1.82) is 0 Å². The second kappa shape index (κ2) is 5.33. The van der Waals surface area contributed by atoms with Crippen LogP contribution in [0.2, 0.25) is 0 Å². The number of hydrogen-bond acceptors (Lipinski definition) is 3. The first-order chi connectivity index (χ1) is 9.75. The Bertz CT molecular complexity index is 792. The van der Waals surface area contributed by atoms with Crippen LogP contribution in [0.4, 0.5) is 20.2 Å². The predicted molar refractivity (Wildman–Crippen MR) is 77.5 cm³/mol.